The number of hydrogen-bond acceptors (Lipinski definition) is 8. The first-order chi connectivity index (χ1) is 18.3. The molecule has 10 nitrogen and oxygen atoms in total. The van der Waals surface area contributed by atoms with E-state index in [4.69, 9.17) is 4.74 Å². The van der Waals surface area contributed by atoms with E-state index in [2.05, 4.69) is 19.4 Å². The molecule has 0 unspecified atom stereocenters. The van der Waals surface area contributed by atoms with Crippen molar-refractivity contribution in [1.29, 1.82) is 0 Å². The van der Waals surface area contributed by atoms with Crippen LogP contribution in [-0.2, 0) is 19.5 Å². The fourth-order valence-electron chi connectivity index (χ4n) is 4.71. The summed E-state index contributed by atoms with van der Waals surface area (Å²) in [5.74, 6) is 0.538. The van der Waals surface area contributed by atoms with Gasteiger partial charge in [0.1, 0.15) is 0 Å². The first-order valence-corrected chi connectivity index (χ1v) is 14.1. The summed E-state index contributed by atoms with van der Waals surface area (Å²) in [4.78, 5) is 23.7. The van der Waals surface area contributed by atoms with Gasteiger partial charge < -0.3 is 19.3 Å². The molecule has 1 aromatic rings. The molecular formula is C22H29F6N5O5S. The second-order valence-electron chi connectivity index (χ2n) is 9.79. The summed E-state index contributed by atoms with van der Waals surface area (Å²) >= 11 is 0. The third kappa shape index (κ3) is 7.63. The van der Waals surface area contributed by atoms with E-state index in [1.54, 1.807) is 18.5 Å². The van der Waals surface area contributed by atoms with Crippen LogP contribution in [-0.4, -0.2) is 97.5 Å². The van der Waals surface area contributed by atoms with E-state index >= 15 is 0 Å². The number of nitrogens with one attached hydrogen (secondary N) is 1. The molecule has 4 rings (SSSR count). The van der Waals surface area contributed by atoms with Gasteiger partial charge in [0.25, 0.3) is 6.10 Å². The van der Waals surface area contributed by atoms with Crippen LogP contribution in [0.2, 0.25) is 0 Å². The fraction of sp³-hybridized carbons (Fsp3) is 0.773. The van der Waals surface area contributed by atoms with Gasteiger partial charge in [0.15, 0.2) is 0 Å². The first-order valence-electron chi connectivity index (χ1n) is 12.5. The van der Waals surface area contributed by atoms with Gasteiger partial charge in [-0.2, -0.15) is 26.3 Å². The Balaban J connectivity index is 1.45. The van der Waals surface area contributed by atoms with Gasteiger partial charge >= 0.3 is 18.4 Å². The second kappa shape index (κ2) is 11.6. The molecule has 1 aromatic heterocycles. The zero-order valence-electron chi connectivity index (χ0n) is 20.7. The number of carbonyl (C=O) groups excluding carboxylic acids is 1. The van der Waals surface area contributed by atoms with Crippen LogP contribution >= 0.6 is 0 Å². The molecule has 0 bridgehead atoms. The summed E-state index contributed by atoms with van der Waals surface area (Å²) in [6.45, 7) is 0.534. The molecule has 2 atom stereocenters. The Bertz CT molecular complexity index is 1070. The molecule has 0 radical (unpaired) electrons. The highest BCUT2D eigenvalue weighted by Gasteiger charge is 2.60. The normalized spacial score (nSPS) is 23.8. The summed E-state index contributed by atoms with van der Waals surface area (Å²) in [6, 6.07) is -0.456. The number of nitrogens with zero attached hydrogens (tertiary/aromatic N) is 4. The highest BCUT2D eigenvalue weighted by atomic mass is 32.2. The smallest absolute Gasteiger partial charge is 0.426 e. The minimum absolute atomic E-state index is 0.140. The lowest BCUT2D eigenvalue weighted by Gasteiger charge is -2.42. The van der Waals surface area contributed by atoms with E-state index in [0.717, 1.165) is 0 Å². The summed E-state index contributed by atoms with van der Waals surface area (Å²) in [7, 11) is -3.78. The Kier molecular flexibility index (Phi) is 8.80. The van der Waals surface area contributed by atoms with Crippen molar-refractivity contribution in [2.24, 2.45) is 0 Å². The predicted octanol–water partition coefficient (Wildman–Crippen LogP) is 3.01. The van der Waals surface area contributed by atoms with Crippen LogP contribution in [0.3, 0.4) is 0 Å². The Hall–Kier alpha value is -2.40. The van der Waals surface area contributed by atoms with E-state index < -0.39 is 51.9 Å². The van der Waals surface area contributed by atoms with Gasteiger partial charge in [-0.1, -0.05) is 0 Å². The number of sulfonamides is 1. The number of likely N-dealkylation sites (tertiary alicyclic amines) is 1. The zero-order valence-corrected chi connectivity index (χ0v) is 21.5. The summed E-state index contributed by atoms with van der Waals surface area (Å²) in [5.41, 5.74) is 0. The van der Waals surface area contributed by atoms with Gasteiger partial charge in [-0.05, 0) is 44.6 Å². The van der Waals surface area contributed by atoms with Gasteiger partial charge in [-0.15, -0.1) is 0 Å². The highest BCUT2D eigenvalue weighted by Crippen LogP contribution is 2.37. The number of amides is 1. The fourth-order valence-corrected chi connectivity index (χ4v) is 6.36. The van der Waals surface area contributed by atoms with Crippen LogP contribution in [0.25, 0.3) is 0 Å². The van der Waals surface area contributed by atoms with Crippen molar-refractivity contribution in [1.82, 2.24) is 19.6 Å². The maximum absolute atomic E-state index is 13.0. The number of aromatic nitrogens is 2. The van der Waals surface area contributed by atoms with E-state index in [1.165, 1.54) is 0 Å². The minimum atomic E-state index is -5.88. The summed E-state index contributed by atoms with van der Waals surface area (Å²) < 4.78 is 116. The predicted molar refractivity (Wildman–Crippen MR) is 124 cm³/mol. The van der Waals surface area contributed by atoms with Crippen LogP contribution in [0, 0.1) is 0 Å². The van der Waals surface area contributed by atoms with Gasteiger partial charge in [-0.25, -0.2) is 27.9 Å². The van der Waals surface area contributed by atoms with Crippen molar-refractivity contribution >= 4 is 22.1 Å². The van der Waals surface area contributed by atoms with Crippen molar-refractivity contribution in [2.45, 2.75) is 80.4 Å². The minimum Gasteiger partial charge on any atom is -0.426 e. The molecule has 1 saturated carbocycles. The molecule has 2 aliphatic heterocycles. The molecule has 0 aromatic carbocycles. The van der Waals surface area contributed by atoms with E-state index in [1.807, 2.05) is 4.90 Å². The molecule has 0 spiro atoms. The monoisotopic (exact) mass is 589 g/mol. The van der Waals surface area contributed by atoms with Crippen molar-refractivity contribution in [3.8, 4) is 0 Å². The number of ether oxygens (including phenoxy) is 2. The number of halogens is 6. The Morgan fingerprint density at radius 1 is 1.00 bits per heavy atom. The van der Waals surface area contributed by atoms with Crippen LogP contribution in [0.1, 0.15) is 38.5 Å². The Labute approximate surface area is 221 Å². The first kappa shape index (κ1) is 29.6. The van der Waals surface area contributed by atoms with Gasteiger partial charge in [-0.3, -0.25) is 0 Å². The standard InChI is InChI=1S/C22H29F6N5O5S/c23-21(24,25)18(22(26,27)28)38-20(34)33-10-1-3-16(31-39(35,36)15-4-5-15)17(33)13-37-14-6-11-32(12-7-14)19-29-8-2-9-30-19/h2,8-9,14-18,31H,1,3-7,10-13H2/t16-,17-/m0/s1. The van der Waals surface area contributed by atoms with Crippen LogP contribution in [0.4, 0.5) is 37.1 Å². The highest BCUT2D eigenvalue weighted by molar-refractivity contribution is 7.90. The van der Waals surface area contributed by atoms with Crippen molar-refractivity contribution < 1.29 is 49.0 Å². The lowest BCUT2D eigenvalue weighted by Crippen LogP contribution is -2.60. The molecule has 17 heteroatoms. The van der Waals surface area contributed by atoms with Gasteiger partial charge in [0.05, 0.1) is 24.0 Å². The van der Waals surface area contributed by atoms with E-state index in [9.17, 15) is 39.6 Å². The average molecular weight is 590 g/mol. The lowest BCUT2D eigenvalue weighted by atomic mass is 9.97. The topological polar surface area (TPSA) is 114 Å². The molecule has 2 saturated heterocycles. The summed E-state index contributed by atoms with van der Waals surface area (Å²) in [5, 5.41) is -0.620. The molecule has 1 amide bonds. The number of anilines is 1. The Morgan fingerprint density at radius 3 is 2.18 bits per heavy atom. The van der Waals surface area contributed by atoms with Crippen LogP contribution in [0.15, 0.2) is 18.5 Å². The number of alkyl halides is 6. The quantitative estimate of drug-likeness (QED) is 0.461. The van der Waals surface area contributed by atoms with Crippen molar-refractivity contribution in [2.75, 3.05) is 31.1 Å². The molecule has 1 aliphatic carbocycles. The number of carbonyl (C=O) groups is 1. The summed E-state index contributed by atoms with van der Waals surface area (Å²) in [6.07, 6.45) is -12.8. The third-order valence-electron chi connectivity index (χ3n) is 6.89. The Morgan fingerprint density at radius 2 is 1.62 bits per heavy atom. The van der Waals surface area contributed by atoms with Crippen LogP contribution in [0.5, 0.6) is 0 Å². The maximum Gasteiger partial charge on any atom is 0.434 e. The molecule has 3 fully saturated rings. The lowest BCUT2D eigenvalue weighted by molar-refractivity contribution is -0.308. The number of hydrogen-bond donors (Lipinski definition) is 1. The number of piperidine rings is 2. The average Bonchev–Trinajstić information content (AvgIpc) is 3.72. The van der Waals surface area contributed by atoms with Crippen molar-refractivity contribution in [3.05, 3.63) is 18.5 Å². The largest absolute Gasteiger partial charge is 0.434 e. The van der Waals surface area contributed by atoms with E-state index in [-0.39, 0.29) is 32.1 Å². The zero-order chi connectivity index (χ0) is 28.4. The third-order valence-corrected chi connectivity index (χ3v) is 8.87. The van der Waals surface area contributed by atoms with Crippen molar-refractivity contribution in [3.63, 3.8) is 0 Å². The number of rotatable bonds is 8. The van der Waals surface area contributed by atoms with Gasteiger partial charge in [0, 0.05) is 38.1 Å². The molecule has 3 heterocycles. The molecule has 39 heavy (non-hydrogen) atoms. The van der Waals surface area contributed by atoms with Crippen LogP contribution < -0.4 is 9.62 Å². The second-order valence-corrected chi connectivity index (χ2v) is 11.8. The molecular weight excluding hydrogens is 560 g/mol. The SMILES string of the molecule is O=C(OC(C(F)(F)F)C(F)(F)F)N1CCC[C@H](NS(=O)(=O)C2CC2)[C@@H]1COC1CCN(c2ncccn2)CC1. The maximum atomic E-state index is 13.0. The molecule has 220 valence electrons. The van der Waals surface area contributed by atoms with Gasteiger partial charge in [0.2, 0.25) is 16.0 Å². The van der Waals surface area contributed by atoms with E-state index in [0.29, 0.717) is 49.6 Å². The molecule has 3 aliphatic rings. The molecule has 1 N–H and O–H groups in total.